The Balaban J connectivity index is 3.47. The maximum atomic E-state index is 10.6. The normalized spacial score (nSPS) is 9.00. The molecule has 0 saturated heterocycles. The average molecular weight is 209 g/mol. The van der Waals surface area contributed by atoms with Crippen LogP contribution in [-0.4, -0.2) is 17.3 Å². The van der Waals surface area contributed by atoms with E-state index in [9.17, 15) is 9.59 Å². The van der Waals surface area contributed by atoms with Crippen LogP contribution in [0.5, 0.6) is 0 Å². The molecule has 0 rings (SSSR count). The molecule has 0 aliphatic rings. The topological polar surface area (TPSA) is 43.4 Å². The Morgan fingerprint density at radius 1 is 1.50 bits per heavy atom. The van der Waals surface area contributed by atoms with Gasteiger partial charge in [-0.3, -0.25) is 9.59 Å². The van der Waals surface area contributed by atoms with Gasteiger partial charge in [0.15, 0.2) is 0 Å². The van der Waals surface area contributed by atoms with Crippen molar-refractivity contribution in [3.05, 3.63) is 0 Å². The van der Waals surface area contributed by atoms with E-state index in [1.54, 1.807) is 6.92 Å². The molecule has 0 heterocycles. The Morgan fingerprint density at radius 3 is 2.50 bits per heavy atom. The van der Waals surface area contributed by atoms with Gasteiger partial charge in [0, 0.05) is 6.42 Å². The van der Waals surface area contributed by atoms with Gasteiger partial charge in [-0.15, -0.1) is 0 Å². The zero-order chi connectivity index (χ0) is 7.98. The number of carbonyl (C=O) groups excluding carboxylic acids is 2. The maximum Gasteiger partial charge on any atom is 0.314 e. The number of carbonyl (C=O) groups is 2. The number of alkyl halides is 1. The molecule has 0 aromatic rings. The zero-order valence-electron chi connectivity index (χ0n) is 5.72. The summed E-state index contributed by atoms with van der Waals surface area (Å²) in [5.41, 5.74) is 0.156. The van der Waals surface area contributed by atoms with Crippen LogP contribution in [0, 0.1) is 0 Å². The van der Waals surface area contributed by atoms with Crippen molar-refractivity contribution in [3.63, 3.8) is 0 Å². The van der Waals surface area contributed by atoms with Crippen molar-refractivity contribution in [2.24, 2.45) is 0 Å². The Bertz CT molecular complexity index is 133. The number of ketones is 1. The summed E-state index contributed by atoms with van der Waals surface area (Å²) in [6.45, 7) is 1.71. The monoisotopic (exact) mass is 208 g/mol. The van der Waals surface area contributed by atoms with Gasteiger partial charge in [-0.05, 0) is 15.9 Å². The van der Waals surface area contributed by atoms with E-state index < -0.39 is 5.97 Å². The lowest BCUT2D eigenvalue weighted by atomic mass is 10.2. The van der Waals surface area contributed by atoms with E-state index in [-0.39, 0.29) is 17.7 Å². The van der Waals surface area contributed by atoms with Crippen LogP contribution in [0.2, 0.25) is 0 Å². The van der Waals surface area contributed by atoms with Gasteiger partial charge in [-0.2, -0.15) is 0 Å². The van der Waals surface area contributed by atoms with Gasteiger partial charge in [0.05, 0.1) is 0 Å². The lowest BCUT2D eigenvalue weighted by Gasteiger charge is -1.96. The van der Waals surface area contributed by atoms with Crippen LogP contribution in [0.4, 0.5) is 0 Å². The van der Waals surface area contributed by atoms with Crippen molar-refractivity contribution >= 4 is 27.7 Å². The standard InChI is InChI=1S/C6H9BrO3/c1-2-5(8)3-6(9)10-4-7/h2-4H2,1H3. The van der Waals surface area contributed by atoms with Gasteiger partial charge in [-0.1, -0.05) is 6.92 Å². The number of rotatable bonds is 4. The number of esters is 1. The van der Waals surface area contributed by atoms with Crippen molar-refractivity contribution in [1.82, 2.24) is 0 Å². The number of ether oxygens (including phenoxy) is 1. The first-order valence-electron chi connectivity index (χ1n) is 2.94. The maximum absolute atomic E-state index is 10.6. The molecular weight excluding hydrogens is 200 g/mol. The minimum Gasteiger partial charge on any atom is -0.454 e. The van der Waals surface area contributed by atoms with E-state index in [0.29, 0.717) is 6.42 Å². The van der Waals surface area contributed by atoms with E-state index in [0.717, 1.165) is 0 Å². The van der Waals surface area contributed by atoms with Crippen LogP contribution < -0.4 is 0 Å². The second-order valence-corrected chi connectivity index (χ2v) is 2.15. The summed E-state index contributed by atoms with van der Waals surface area (Å²) in [7, 11) is 0. The van der Waals surface area contributed by atoms with Crippen LogP contribution in [0.1, 0.15) is 19.8 Å². The van der Waals surface area contributed by atoms with Gasteiger partial charge in [0.1, 0.15) is 17.7 Å². The predicted molar refractivity (Wildman–Crippen MR) is 39.8 cm³/mol. The zero-order valence-corrected chi connectivity index (χ0v) is 7.31. The quantitative estimate of drug-likeness (QED) is 0.397. The molecule has 10 heavy (non-hydrogen) atoms. The predicted octanol–water partition coefficient (Wildman–Crippen LogP) is 1.25. The largest absolute Gasteiger partial charge is 0.454 e. The molecule has 0 radical (unpaired) electrons. The highest BCUT2D eigenvalue weighted by atomic mass is 79.9. The van der Waals surface area contributed by atoms with Crippen molar-refractivity contribution < 1.29 is 14.3 Å². The molecule has 0 saturated carbocycles. The van der Waals surface area contributed by atoms with Gasteiger partial charge >= 0.3 is 5.97 Å². The molecule has 0 spiro atoms. The molecule has 0 amide bonds. The Morgan fingerprint density at radius 2 is 2.10 bits per heavy atom. The number of halogens is 1. The molecule has 0 aromatic carbocycles. The molecule has 0 bridgehead atoms. The summed E-state index contributed by atoms with van der Waals surface area (Å²) < 4.78 is 4.47. The summed E-state index contributed by atoms with van der Waals surface area (Å²) in [5, 5.41) is 0. The minimum absolute atomic E-state index is 0.0917. The first-order valence-corrected chi connectivity index (χ1v) is 4.06. The number of hydrogen-bond donors (Lipinski definition) is 0. The third-order valence-electron chi connectivity index (χ3n) is 0.951. The van der Waals surface area contributed by atoms with E-state index in [4.69, 9.17) is 0 Å². The highest BCUT2D eigenvalue weighted by molar-refractivity contribution is 9.09. The fourth-order valence-electron chi connectivity index (χ4n) is 0.398. The Kier molecular flexibility index (Phi) is 5.20. The third-order valence-corrected chi connectivity index (χ3v) is 1.18. The molecule has 58 valence electrons. The molecule has 0 fully saturated rings. The average Bonchev–Trinajstić information content (AvgIpc) is 1.88. The number of Topliss-reactive ketones (excluding diaryl/α,β-unsaturated/α-hetero) is 1. The van der Waals surface area contributed by atoms with Crippen molar-refractivity contribution in [2.75, 3.05) is 5.52 Å². The summed E-state index contributed by atoms with van der Waals surface area (Å²) in [6, 6.07) is 0. The lowest BCUT2D eigenvalue weighted by molar-refractivity contribution is -0.143. The summed E-state index contributed by atoms with van der Waals surface area (Å²) in [6.07, 6.45) is 0.277. The molecule has 0 N–H and O–H groups in total. The molecule has 0 aliphatic heterocycles. The van der Waals surface area contributed by atoms with Crippen LogP contribution in [0.15, 0.2) is 0 Å². The smallest absolute Gasteiger partial charge is 0.314 e. The summed E-state index contributed by atoms with van der Waals surface area (Å²) in [4.78, 5) is 21.1. The van der Waals surface area contributed by atoms with Crippen molar-refractivity contribution in [3.8, 4) is 0 Å². The highest BCUT2D eigenvalue weighted by Crippen LogP contribution is 1.93. The summed E-state index contributed by atoms with van der Waals surface area (Å²) >= 11 is 2.91. The number of hydrogen-bond acceptors (Lipinski definition) is 3. The van der Waals surface area contributed by atoms with Crippen LogP contribution >= 0.6 is 15.9 Å². The van der Waals surface area contributed by atoms with Crippen LogP contribution in [-0.2, 0) is 14.3 Å². The van der Waals surface area contributed by atoms with Gasteiger partial charge in [0.2, 0.25) is 0 Å². The first-order chi connectivity index (χ1) is 4.70. The van der Waals surface area contributed by atoms with Gasteiger partial charge in [-0.25, -0.2) is 0 Å². The highest BCUT2D eigenvalue weighted by Gasteiger charge is 2.06. The SMILES string of the molecule is CCC(=O)CC(=O)OCBr. The molecule has 4 heteroatoms. The molecule has 0 unspecified atom stereocenters. The van der Waals surface area contributed by atoms with Crippen molar-refractivity contribution in [2.45, 2.75) is 19.8 Å². The first kappa shape index (κ1) is 9.62. The lowest BCUT2D eigenvalue weighted by Crippen LogP contribution is -2.09. The second-order valence-electron chi connectivity index (χ2n) is 1.69. The van der Waals surface area contributed by atoms with E-state index in [1.165, 1.54) is 0 Å². The van der Waals surface area contributed by atoms with E-state index >= 15 is 0 Å². The van der Waals surface area contributed by atoms with Gasteiger partial charge < -0.3 is 4.74 Å². The second kappa shape index (κ2) is 5.41. The van der Waals surface area contributed by atoms with Gasteiger partial charge in [0.25, 0.3) is 0 Å². The van der Waals surface area contributed by atoms with Crippen molar-refractivity contribution in [1.29, 1.82) is 0 Å². The third kappa shape index (κ3) is 4.49. The Labute approximate surface area is 67.9 Å². The molecule has 0 aromatic heterocycles. The fraction of sp³-hybridized carbons (Fsp3) is 0.667. The summed E-state index contributed by atoms with van der Waals surface area (Å²) in [5.74, 6) is -0.560. The molecule has 3 nitrogen and oxygen atoms in total. The van der Waals surface area contributed by atoms with Crippen LogP contribution in [0.3, 0.4) is 0 Å². The minimum atomic E-state index is -0.469. The molecular formula is C6H9BrO3. The van der Waals surface area contributed by atoms with E-state index in [1.807, 2.05) is 0 Å². The fourth-order valence-corrected chi connectivity index (χ4v) is 0.653. The van der Waals surface area contributed by atoms with E-state index in [2.05, 4.69) is 20.7 Å². The van der Waals surface area contributed by atoms with Crippen LogP contribution in [0.25, 0.3) is 0 Å². The Hall–Kier alpha value is -0.380. The molecule has 0 aliphatic carbocycles. The molecule has 0 atom stereocenters.